The van der Waals surface area contributed by atoms with Crippen LogP contribution in [0.2, 0.25) is 0 Å². The Morgan fingerprint density at radius 1 is 1.33 bits per heavy atom. The Morgan fingerprint density at radius 2 is 2.10 bits per heavy atom. The van der Waals surface area contributed by atoms with Crippen LogP contribution >= 0.6 is 0 Å². The number of aromatic nitrogens is 4. The van der Waals surface area contributed by atoms with Crippen LogP contribution in [0.5, 0.6) is 0 Å². The van der Waals surface area contributed by atoms with E-state index in [9.17, 15) is 5.11 Å². The number of imidazole rings is 1. The first-order valence-electron chi connectivity index (χ1n) is 7.96. The molecule has 1 saturated carbocycles. The van der Waals surface area contributed by atoms with Crippen molar-refractivity contribution in [2.24, 2.45) is 0 Å². The van der Waals surface area contributed by atoms with Crippen molar-refractivity contribution in [3.8, 4) is 0 Å². The second-order valence-electron chi connectivity index (χ2n) is 5.93. The van der Waals surface area contributed by atoms with Gasteiger partial charge in [-0.25, -0.2) is 4.98 Å². The minimum atomic E-state index is -0.529. The molecular weight excluding hydrogens is 264 g/mol. The first-order valence-corrected chi connectivity index (χ1v) is 7.96. The van der Waals surface area contributed by atoms with Crippen LogP contribution < -0.4 is 0 Å². The maximum Gasteiger partial charge on any atom is 0.101 e. The van der Waals surface area contributed by atoms with Crippen LogP contribution in [0.15, 0.2) is 24.8 Å². The summed E-state index contributed by atoms with van der Waals surface area (Å²) < 4.78 is 4.14. The summed E-state index contributed by atoms with van der Waals surface area (Å²) in [6.07, 6.45) is 10.2. The average Bonchev–Trinajstić information content (AvgIpc) is 3.03. The molecule has 0 radical (unpaired) electrons. The number of nitrogens with zero attached hydrogens (tertiary/aromatic N) is 4. The molecule has 21 heavy (non-hydrogen) atoms. The lowest BCUT2D eigenvalue weighted by atomic mass is 10.1. The maximum absolute atomic E-state index is 10.5. The molecule has 0 aromatic carbocycles. The molecule has 1 aliphatic rings. The number of hydrogen-bond donors (Lipinski definition) is 1. The molecule has 0 spiro atoms. The van der Waals surface area contributed by atoms with Crippen molar-refractivity contribution in [2.45, 2.75) is 64.1 Å². The van der Waals surface area contributed by atoms with Crippen molar-refractivity contribution in [1.29, 1.82) is 0 Å². The highest BCUT2D eigenvalue weighted by Crippen LogP contribution is 2.37. The lowest BCUT2D eigenvalue weighted by Gasteiger charge is -2.14. The van der Waals surface area contributed by atoms with Gasteiger partial charge in [0.15, 0.2) is 0 Å². The predicted molar refractivity (Wildman–Crippen MR) is 81.0 cm³/mol. The Balaban J connectivity index is 1.69. The minimum absolute atomic E-state index is 0.452. The summed E-state index contributed by atoms with van der Waals surface area (Å²) in [7, 11) is 0. The number of hydrogen-bond acceptors (Lipinski definition) is 3. The molecule has 1 unspecified atom stereocenters. The van der Waals surface area contributed by atoms with Crippen molar-refractivity contribution in [1.82, 2.24) is 19.3 Å². The van der Waals surface area contributed by atoms with E-state index >= 15 is 0 Å². The van der Waals surface area contributed by atoms with Gasteiger partial charge in [-0.2, -0.15) is 5.10 Å². The summed E-state index contributed by atoms with van der Waals surface area (Å²) in [6.45, 7) is 4.36. The van der Waals surface area contributed by atoms with Crippen LogP contribution in [-0.4, -0.2) is 24.4 Å². The Kier molecular flexibility index (Phi) is 4.10. The molecule has 1 atom stereocenters. The summed E-state index contributed by atoms with van der Waals surface area (Å²) in [6, 6.07) is 3.01. The standard InChI is InChI=1S/C16H24N4O/c1-3-13(4-2)20-8-7-12(18-20)9-16(21)15-10-17-11-19(15)14-5-6-14/h7-8,10-11,13-14,16,21H,3-6,9H2,1-2H3. The zero-order valence-electron chi connectivity index (χ0n) is 12.8. The fourth-order valence-corrected chi connectivity index (χ4v) is 2.89. The summed E-state index contributed by atoms with van der Waals surface area (Å²) in [5.74, 6) is 0. The molecule has 0 amide bonds. The van der Waals surface area contributed by atoms with Gasteiger partial charge in [-0.05, 0) is 31.7 Å². The molecule has 2 heterocycles. The lowest BCUT2D eigenvalue weighted by molar-refractivity contribution is 0.167. The zero-order valence-corrected chi connectivity index (χ0v) is 12.8. The Hall–Kier alpha value is -1.62. The minimum Gasteiger partial charge on any atom is -0.386 e. The molecule has 0 bridgehead atoms. The monoisotopic (exact) mass is 288 g/mol. The molecule has 1 N–H and O–H groups in total. The summed E-state index contributed by atoms with van der Waals surface area (Å²) in [4.78, 5) is 4.18. The topological polar surface area (TPSA) is 55.9 Å². The van der Waals surface area contributed by atoms with Crippen molar-refractivity contribution in [3.63, 3.8) is 0 Å². The van der Waals surface area contributed by atoms with Gasteiger partial charge in [0.05, 0.1) is 30.0 Å². The molecule has 0 aliphatic heterocycles. The fourth-order valence-electron chi connectivity index (χ4n) is 2.89. The van der Waals surface area contributed by atoms with Gasteiger partial charge in [0, 0.05) is 18.7 Å². The number of aliphatic hydroxyl groups is 1. The second kappa shape index (κ2) is 6.02. The first kappa shape index (κ1) is 14.3. The van der Waals surface area contributed by atoms with Gasteiger partial charge >= 0.3 is 0 Å². The van der Waals surface area contributed by atoms with Crippen LogP contribution in [-0.2, 0) is 6.42 Å². The van der Waals surface area contributed by atoms with E-state index in [1.807, 2.05) is 23.3 Å². The van der Waals surface area contributed by atoms with Crippen LogP contribution in [0.1, 0.15) is 69.1 Å². The second-order valence-corrected chi connectivity index (χ2v) is 5.93. The molecule has 5 nitrogen and oxygen atoms in total. The van der Waals surface area contributed by atoms with Crippen molar-refractivity contribution in [3.05, 3.63) is 36.2 Å². The molecule has 114 valence electrons. The van der Waals surface area contributed by atoms with Crippen LogP contribution in [0, 0.1) is 0 Å². The Labute approximate surface area is 125 Å². The number of aliphatic hydroxyl groups excluding tert-OH is 1. The van der Waals surface area contributed by atoms with E-state index in [2.05, 4.69) is 28.5 Å². The smallest absolute Gasteiger partial charge is 0.101 e. The normalized spacial score (nSPS) is 16.6. The van der Waals surface area contributed by atoms with Gasteiger partial charge in [-0.1, -0.05) is 13.8 Å². The number of rotatable bonds is 7. The maximum atomic E-state index is 10.5. The highest BCUT2D eigenvalue weighted by Gasteiger charge is 2.27. The molecule has 2 aromatic heterocycles. The highest BCUT2D eigenvalue weighted by atomic mass is 16.3. The van der Waals surface area contributed by atoms with Crippen molar-refractivity contribution >= 4 is 0 Å². The largest absolute Gasteiger partial charge is 0.386 e. The van der Waals surface area contributed by atoms with E-state index in [-0.39, 0.29) is 0 Å². The van der Waals surface area contributed by atoms with Gasteiger partial charge in [0.25, 0.3) is 0 Å². The van der Waals surface area contributed by atoms with E-state index in [0.29, 0.717) is 18.5 Å². The van der Waals surface area contributed by atoms with E-state index in [0.717, 1.165) is 24.2 Å². The van der Waals surface area contributed by atoms with Gasteiger partial charge in [0.1, 0.15) is 6.10 Å². The third-order valence-electron chi connectivity index (χ3n) is 4.36. The predicted octanol–water partition coefficient (Wildman–Crippen LogP) is 3.05. The first-order chi connectivity index (χ1) is 10.2. The summed E-state index contributed by atoms with van der Waals surface area (Å²) in [5.41, 5.74) is 1.85. The average molecular weight is 288 g/mol. The van der Waals surface area contributed by atoms with Gasteiger partial charge in [-0.15, -0.1) is 0 Å². The third-order valence-corrected chi connectivity index (χ3v) is 4.36. The van der Waals surface area contributed by atoms with Crippen molar-refractivity contribution < 1.29 is 5.11 Å². The van der Waals surface area contributed by atoms with E-state index < -0.39 is 6.10 Å². The molecule has 1 aliphatic carbocycles. The van der Waals surface area contributed by atoms with Crippen LogP contribution in [0.4, 0.5) is 0 Å². The van der Waals surface area contributed by atoms with Crippen LogP contribution in [0.25, 0.3) is 0 Å². The molecule has 3 rings (SSSR count). The molecule has 1 fully saturated rings. The van der Waals surface area contributed by atoms with Crippen molar-refractivity contribution in [2.75, 3.05) is 0 Å². The summed E-state index contributed by atoms with van der Waals surface area (Å²) in [5, 5.41) is 15.1. The van der Waals surface area contributed by atoms with Gasteiger partial charge in [0.2, 0.25) is 0 Å². The third kappa shape index (κ3) is 3.02. The van der Waals surface area contributed by atoms with Crippen LogP contribution in [0.3, 0.4) is 0 Å². The Morgan fingerprint density at radius 3 is 2.76 bits per heavy atom. The van der Waals surface area contributed by atoms with E-state index in [4.69, 9.17) is 0 Å². The van der Waals surface area contributed by atoms with E-state index in [1.165, 1.54) is 12.8 Å². The SMILES string of the molecule is CCC(CC)n1ccc(CC(O)c2cncn2C2CC2)n1. The molecule has 0 saturated heterocycles. The fraction of sp³-hybridized carbons (Fsp3) is 0.625. The highest BCUT2D eigenvalue weighted by molar-refractivity contribution is 5.11. The van der Waals surface area contributed by atoms with Gasteiger partial charge in [-0.3, -0.25) is 4.68 Å². The molecule has 5 heteroatoms. The quantitative estimate of drug-likeness (QED) is 0.852. The molecular formula is C16H24N4O. The summed E-state index contributed by atoms with van der Waals surface area (Å²) >= 11 is 0. The lowest BCUT2D eigenvalue weighted by Crippen LogP contribution is -2.11. The zero-order chi connectivity index (χ0) is 14.8. The Bertz CT molecular complexity index is 581. The van der Waals surface area contributed by atoms with Gasteiger partial charge < -0.3 is 9.67 Å². The van der Waals surface area contributed by atoms with E-state index in [1.54, 1.807) is 6.20 Å². The molecule has 2 aromatic rings.